The van der Waals surface area contributed by atoms with Crippen LogP contribution in [0.4, 0.5) is 14.6 Å². The molecule has 3 heterocycles. The van der Waals surface area contributed by atoms with E-state index in [1.54, 1.807) is 28.0 Å². The Morgan fingerprint density at radius 3 is 2.59 bits per heavy atom. The molecule has 9 heteroatoms. The molecule has 4 aromatic rings. The molecule has 3 aromatic heterocycles. The lowest BCUT2D eigenvalue weighted by Crippen LogP contribution is -2.10. The molecule has 6 nitrogen and oxygen atoms in total. The van der Waals surface area contributed by atoms with Crippen molar-refractivity contribution in [3.8, 4) is 17.1 Å². The number of hydrogen-bond donors (Lipinski definition) is 1. The Balaban J connectivity index is 1.55. The van der Waals surface area contributed by atoms with Crippen molar-refractivity contribution in [3.63, 3.8) is 0 Å². The van der Waals surface area contributed by atoms with Gasteiger partial charge in [-0.15, -0.1) is 15.3 Å². The van der Waals surface area contributed by atoms with Crippen LogP contribution in [0.3, 0.4) is 0 Å². The lowest BCUT2D eigenvalue weighted by Gasteiger charge is -2.15. The van der Waals surface area contributed by atoms with E-state index in [2.05, 4.69) is 25.3 Å². The van der Waals surface area contributed by atoms with Crippen molar-refractivity contribution in [1.82, 2.24) is 19.8 Å². The van der Waals surface area contributed by atoms with Crippen molar-refractivity contribution in [2.45, 2.75) is 19.6 Å². The highest BCUT2D eigenvalue weighted by Crippen LogP contribution is 2.24. The average molecular weight is 387 g/mol. The van der Waals surface area contributed by atoms with Crippen LogP contribution in [0.15, 0.2) is 53.2 Å². The Morgan fingerprint density at radius 1 is 1.07 bits per heavy atom. The molecule has 4 rings (SSSR count). The third kappa shape index (κ3) is 3.72. The molecule has 0 aliphatic carbocycles. The minimum absolute atomic E-state index is 0.0865. The molecule has 0 saturated carbocycles. The third-order valence-corrected chi connectivity index (χ3v) is 4.70. The van der Waals surface area contributed by atoms with Gasteiger partial charge in [0.15, 0.2) is 11.5 Å². The van der Waals surface area contributed by atoms with Crippen molar-refractivity contribution in [1.29, 1.82) is 0 Å². The largest absolute Gasteiger partial charge is 0.435 e. The average Bonchev–Trinajstić information content (AvgIpc) is 3.30. The summed E-state index contributed by atoms with van der Waals surface area (Å²) in [5, 5.41) is 20.2. The molecule has 1 atom stereocenters. The van der Waals surface area contributed by atoms with Gasteiger partial charge < -0.3 is 10.1 Å². The summed E-state index contributed by atoms with van der Waals surface area (Å²) in [6.07, 6.45) is 0. The number of rotatable bonds is 6. The molecule has 0 bridgehead atoms. The van der Waals surface area contributed by atoms with E-state index in [0.29, 0.717) is 17.3 Å². The summed E-state index contributed by atoms with van der Waals surface area (Å²) in [5.41, 5.74) is 2.53. The van der Waals surface area contributed by atoms with Crippen LogP contribution in [0.5, 0.6) is 5.75 Å². The lowest BCUT2D eigenvalue weighted by molar-refractivity contribution is -0.0498. The maximum absolute atomic E-state index is 12.2. The van der Waals surface area contributed by atoms with Crippen LogP contribution in [0, 0.1) is 0 Å². The van der Waals surface area contributed by atoms with Gasteiger partial charge in [0.05, 0.1) is 6.04 Å². The SMILES string of the molecule is CC(Nc1ccc2nnc(-c3ccsc3)n2n1)c1ccc(OC(F)F)cc1. The lowest BCUT2D eigenvalue weighted by atomic mass is 10.1. The van der Waals surface area contributed by atoms with E-state index in [1.807, 2.05) is 35.9 Å². The minimum Gasteiger partial charge on any atom is -0.435 e. The Bertz CT molecular complexity index is 1030. The number of fused-ring (bicyclic) bond motifs is 1. The standard InChI is InChI=1S/C18H15F2N5OS/c1-11(12-2-4-14(5-3-12)26-18(19)20)21-15-6-7-16-22-23-17(25(16)24-15)13-8-9-27-10-13/h2-11,18H,1H3,(H,21,24). The smallest absolute Gasteiger partial charge is 0.387 e. The second kappa shape index (κ2) is 7.28. The summed E-state index contributed by atoms with van der Waals surface area (Å²) < 4.78 is 30.6. The predicted molar refractivity (Wildman–Crippen MR) is 99.2 cm³/mol. The fourth-order valence-electron chi connectivity index (χ4n) is 2.68. The van der Waals surface area contributed by atoms with Gasteiger partial charge in [-0.1, -0.05) is 12.1 Å². The second-order valence-electron chi connectivity index (χ2n) is 5.84. The number of nitrogens with one attached hydrogen (secondary N) is 1. The first-order valence-corrected chi connectivity index (χ1v) is 9.11. The highest BCUT2D eigenvalue weighted by Gasteiger charge is 2.12. The molecule has 0 amide bonds. The van der Waals surface area contributed by atoms with Crippen LogP contribution in [0.1, 0.15) is 18.5 Å². The van der Waals surface area contributed by atoms with Gasteiger partial charge in [-0.3, -0.25) is 0 Å². The molecule has 0 fully saturated rings. The fraction of sp³-hybridized carbons (Fsp3) is 0.167. The quantitative estimate of drug-likeness (QED) is 0.523. The zero-order valence-electron chi connectivity index (χ0n) is 14.2. The first kappa shape index (κ1) is 17.3. The molecule has 1 aromatic carbocycles. The van der Waals surface area contributed by atoms with E-state index in [9.17, 15) is 8.78 Å². The molecule has 27 heavy (non-hydrogen) atoms. The monoisotopic (exact) mass is 387 g/mol. The van der Waals surface area contributed by atoms with Crippen molar-refractivity contribution in [3.05, 3.63) is 58.8 Å². The number of anilines is 1. The highest BCUT2D eigenvalue weighted by atomic mass is 32.1. The van der Waals surface area contributed by atoms with Crippen molar-refractivity contribution < 1.29 is 13.5 Å². The zero-order chi connectivity index (χ0) is 18.8. The van der Waals surface area contributed by atoms with Gasteiger partial charge in [-0.05, 0) is 48.2 Å². The summed E-state index contributed by atoms with van der Waals surface area (Å²) in [5.74, 6) is 1.46. The van der Waals surface area contributed by atoms with Crippen molar-refractivity contribution in [2.24, 2.45) is 0 Å². The van der Waals surface area contributed by atoms with Crippen LogP contribution in [-0.4, -0.2) is 26.4 Å². The summed E-state index contributed by atoms with van der Waals surface area (Å²) in [7, 11) is 0. The number of nitrogens with zero attached hydrogens (tertiary/aromatic N) is 4. The van der Waals surface area contributed by atoms with Gasteiger partial charge in [0, 0.05) is 10.9 Å². The number of ether oxygens (including phenoxy) is 1. The molecule has 0 aliphatic rings. The van der Waals surface area contributed by atoms with Gasteiger partial charge in [0.25, 0.3) is 0 Å². The molecule has 0 spiro atoms. The molecule has 0 aliphatic heterocycles. The van der Waals surface area contributed by atoms with Gasteiger partial charge >= 0.3 is 6.61 Å². The van der Waals surface area contributed by atoms with Gasteiger partial charge in [-0.25, -0.2) is 0 Å². The highest BCUT2D eigenvalue weighted by molar-refractivity contribution is 7.08. The predicted octanol–water partition coefficient (Wildman–Crippen LogP) is 4.63. The van der Waals surface area contributed by atoms with Gasteiger partial charge in [0.2, 0.25) is 0 Å². The number of hydrogen-bond acceptors (Lipinski definition) is 6. The maximum atomic E-state index is 12.2. The summed E-state index contributed by atoms with van der Waals surface area (Å²) in [4.78, 5) is 0. The maximum Gasteiger partial charge on any atom is 0.387 e. The molecule has 0 radical (unpaired) electrons. The van der Waals surface area contributed by atoms with Crippen molar-refractivity contribution in [2.75, 3.05) is 5.32 Å². The molecule has 0 saturated heterocycles. The third-order valence-electron chi connectivity index (χ3n) is 4.01. The number of halogens is 2. The van der Waals surface area contributed by atoms with E-state index < -0.39 is 6.61 Å². The van der Waals surface area contributed by atoms with Crippen LogP contribution in [0.25, 0.3) is 17.0 Å². The van der Waals surface area contributed by atoms with E-state index in [1.165, 1.54) is 12.1 Å². The molecular weight excluding hydrogens is 372 g/mol. The van der Waals surface area contributed by atoms with Gasteiger partial charge in [-0.2, -0.15) is 24.6 Å². The first-order valence-electron chi connectivity index (χ1n) is 8.16. The Labute approximate surface area is 157 Å². The van der Waals surface area contributed by atoms with E-state index in [0.717, 1.165) is 11.1 Å². The number of benzene rings is 1. The first-order chi connectivity index (χ1) is 13.1. The fourth-order valence-corrected chi connectivity index (χ4v) is 3.32. The van der Waals surface area contributed by atoms with Crippen LogP contribution in [0.2, 0.25) is 0 Å². The summed E-state index contributed by atoms with van der Waals surface area (Å²) >= 11 is 1.58. The second-order valence-corrected chi connectivity index (χ2v) is 6.62. The summed E-state index contributed by atoms with van der Waals surface area (Å²) in [6, 6.07) is 12.1. The van der Waals surface area contributed by atoms with Crippen molar-refractivity contribution >= 4 is 22.8 Å². The van der Waals surface area contributed by atoms with E-state index >= 15 is 0 Å². The zero-order valence-corrected chi connectivity index (χ0v) is 15.0. The van der Waals surface area contributed by atoms with E-state index in [4.69, 9.17) is 0 Å². The normalized spacial score (nSPS) is 12.4. The topological polar surface area (TPSA) is 64.3 Å². The van der Waals surface area contributed by atoms with Crippen LogP contribution in [-0.2, 0) is 0 Å². The summed E-state index contributed by atoms with van der Waals surface area (Å²) in [6.45, 7) is -0.871. The number of aromatic nitrogens is 4. The molecular formula is C18H15F2N5OS. The van der Waals surface area contributed by atoms with Crippen LogP contribution >= 0.6 is 11.3 Å². The van der Waals surface area contributed by atoms with Crippen LogP contribution < -0.4 is 10.1 Å². The molecule has 1 unspecified atom stereocenters. The Kier molecular flexibility index (Phi) is 4.68. The Morgan fingerprint density at radius 2 is 1.89 bits per heavy atom. The molecule has 1 N–H and O–H groups in total. The number of alkyl halides is 2. The minimum atomic E-state index is -2.83. The molecule has 138 valence electrons. The van der Waals surface area contributed by atoms with E-state index in [-0.39, 0.29) is 11.8 Å². The van der Waals surface area contributed by atoms with Gasteiger partial charge in [0.1, 0.15) is 11.6 Å². The Hall–Kier alpha value is -3.07. The number of thiophene rings is 1.